The van der Waals surface area contributed by atoms with Crippen LogP contribution in [0.25, 0.3) is 22.0 Å². The van der Waals surface area contributed by atoms with E-state index in [2.05, 4.69) is 10.3 Å². The van der Waals surface area contributed by atoms with Gasteiger partial charge in [-0.15, -0.1) is 0 Å². The Balaban J connectivity index is 1.75. The fraction of sp³-hybridized carbons (Fsp3) is 0.250. The molecule has 142 valence electrons. The second kappa shape index (κ2) is 8.28. The van der Waals surface area contributed by atoms with Crippen molar-refractivity contribution >= 4 is 16.8 Å². The fourth-order valence-electron chi connectivity index (χ4n) is 2.84. The first-order valence-electron chi connectivity index (χ1n) is 8.63. The number of fused-ring (bicyclic) bond motifs is 1. The summed E-state index contributed by atoms with van der Waals surface area (Å²) in [6.45, 7) is 0.0849. The summed E-state index contributed by atoms with van der Waals surface area (Å²) in [6, 6.07) is 10.7. The summed E-state index contributed by atoms with van der Waals surface area (Å²) >= 11 is 0. The molecule has 0 saturated heterocycles. The van der Waals surface area contributed by atoms with E-state index in [1.54, 1.807) is 24.3 Å². The van der Waals surface area contributed by atoms with Gasteiger partial charge in [0.05, 0.1) is 6.10 Å². The number of aliphatic hydroxyl groups excluding tert-OH is 2. The first-order chi connectivity index (χ1) is 13.0. The Hall–Kier alpha value is -2.77. The normalized spacial score (nSPS) is 12.3. The lowest BCUT2D eigenvalue weighted by Gasteiger charge is -2.10. The molecule has 3 aromatic rings. The Morgan fingerprint density at radius 3 is 2.56 bits per heavy atom. The molecule has 1 aromatic heterocycles. The average molecular weight is 374 g/mol. The molecular weight excluding hydrogens is 354 g/mol. The number of hydrogen-bond acceptors (Lipinski definition) is 3. The van der Waals surface area contributed by atoms with E-state index >= 15 is 0 Å². The van der Waals surface area contributed by atoms with Crippen LogP contribution in [-0.2, 0) is 0 Å². The van der Waals surface area contributed by atoms with Gasteiger partial charge in [0.1, 0.15) is 5.69 Å². The van der Waals surface area contributed by atoms with Crippen molar-refractivity contribution in [1.82, 2.24) is 10.3 Å². The molecule has 0 radical (unpaired) electrons. The maximum atomic E-state index is 13.4. The van der Waals surface area contributed by atoms with Gasteiger partial charge in [-0.3, -0.25) is 4.79 Å². The standard InChI is InChI=1S/C20H20F2N2O3/c21-16-6-5-12(8-17(16)22)13-3-4-14-10-19(24-18(14)9-13)20(27)23-11-15(26)2-1-7-25/h3-6,8-10,15,24-26H,1-2,7,11H2,(H,23,27). The molecule has 0 fully saturated rings. The summed E-state index contributed by atoms with van der Waals surface area (Å²) in [5, 5.41) is 21.9. The smallest absolute Gasteiger partial charge is 0.267 e. The van der Waals surface area contributed by atoms with Gasteiger partial charge in [-0.25, -0.2) is 8.78 Å². The lowest BCUT2D eigenvalue weighted by Crippen LogP contribution is -2.32. The molecule has 0 aliphatic rings. The van der Waals surface area contributed by atoms with Crippen LogP contribution in [0, 0.1) is 11.6 Å². The van der Waals surface area contributed by atoms with E-state index in [1.807, 2.05) is 0 Å². The predicted molar refractivity (Wildman–Crippen MR) is 98.3 cm³/mol. The number of nitrogens with one attached hydrogen (secondary N) is 2. The van der Waals surface area contributed by atoms with Crippen molar-refractivity contribution in [3.8, 4) is 11.1 Å². The number of halogens is 2. The Morgan fingerprint density at radius 1 is 1.07 bits per heavy atom. The van der Waals surface area contributed by atoms with Crippen LogP contribution in [0.2, 0.25) is 0 Å². The fourth-order valence-corrected chi connectivity index (χ4v) is 2.84. The Labute approximate surface area is 154 Å². The molecule has 2 aromatic carbocycles. The first kappa shape index (κ1) is 19.0. The van der Waals surface area contributed by atoms with E-state index in [4.69, 9.17) is 5.11 Å². The van der Waals surface area contributed by atoms with Crippen LogP contribution < -0.4 is 5.32 Å². The zero-order valence-corrected chi connectivity index (χ0v) is 14.5. The highest BCUT2D eigenvalue weighted by atomic mass is 19.2. The van der Waals surface area contributed by atoms with E-state index in [-0.39, 0.29) is 19.1 Å². The van der Waals surface area contributed by atoms with E-state index in [0.29, 0.717) is 35.2 Å². The molecule has 1 heterocycles. The third-order valence-electron chi connectivity index (χ3n) is 4.31. The molecule has 0 aliphatic heterocycles. The second-order valence-corrected chi connectivity index (χ2v) is 6.34. The van der Waals surface area contributed by atoms with Gasteiger partial charge in [0, 0.05) is 24.1 Å². The predicted octanol–water partition coefficient (Wildman–Crippen LogP) is 2.98. The number of carbonyl (C=O) groups excluding carboxylic acids is 1. The third-order valence-corrected chi connectivity index (χ3v) is 4.31. The summed E-state index contributed by atoms with van der Waals surface area (Å²) in [5.74, 6) is -2.18. The largest absolute Gasteiger partial charge is 0.396 e. The summed E-state index contributed by atoms with van der Waals surface area (Å²) in [7, 11) is 0. The number of aromatic nitrogens is 1. The van der Waals surface area contributed by atoms with Crippen LogP contribution in [0.5, 0.6) is 0 Å². The topological polar surface area (TPSA) is 85.3 Å². The highest BCUT2D eigenvalue weighted by Gasteiger charge is 2.12. The third kappa shape index (κ3) is 4.50. The van der Waals surface area contributed by atoms with E-state index in [1.165, 1.54) is 6.07 Å². The van der Waals surface area contributed by atoms with Gasteiger partial charge in [0.15, 0.2) is 11.6 Å². The summed E-state index contributed by atoms with van der Waals surface area (Å²) < 4.78 is 26.5. The van der Waals surface area contributed by atoms with E-state index in [9.17, 15) is 18.7 Å². The Bertz CT molecular complexity index is 956. The van der Waals surface area contributed by atoms with Crippen molar-refractivity contribution < 1.29 is 23.8 Å². The van der Waals surface area contributed by atoms with Crippen molar-refractivity contribution in [2.45, 2.75) is 18.9 Å². The van der Waals surface area contributed by atoms with E-state index < -0.39 is 17.7 Å². The molecule has 1 atom stereocenters. The highest BCUT2D eigenvalue weighted by molar-refractivity contribution is 5.98. The average Bonchev–Trinajstić information content (AvgIpc) is 3.10. The van der Waals surface area contributed by atoms with Gasteiger partial charge >= 0.3 is 0 Å². The molecule has 0 saturated carbocycles. The zero-order valence-electron chi connectivity index (χ0n) is 14.5. The number of rotatable bonds is 7. The molecule has 0 bridgehead atoms. The Kier molecular flexibility index (Phi) is 5.83. The minimum Gasteiger partial charge on any atom is -0.396 e. The number of carbonyl (C=O) groups is 1. The van der Waals surface area contributed by atoms with Crippen molar-refractivity contribution in [2.24, 2.45) is 0 Å². The highest BCUT2D eigenvalue weighted by Crippen LogP contribution is 2.26. The molecule has 7 heteroatoms. The van der Waals surface area contributed by atoms with Gasteiger partial charge in [-0.1, -0.05) is 18.2 Å². The van der Waals surface area contributed by atoms with Gasteiger partial charge in [0.2, 0.25) is 0 Å². The second-order valence-electron chi connectivity index (χ2n) is 6.34. The van der Waals surface area contributed by atoms with Crippen molar-refractivity contribution in [2.75, 3.05) is 13.2 Å². The SMILES string of the molecule is O=C(NCC(O)CCCO)c1cc2ccc(-c3ccc(F)c(F)c3)cc2[nH]1. The quantitative estimate of drug-likeness (QED) is 0.513. The van der Waals surface area contributed by atoms with Crippen LogP contribution >= 0.6 is 0 Å². The summed E-state index contributed by atoms with van der Waals surface area (Å²) in [5.41, 5.74) is 2.24. The van der Waals surface area contributed by atoms with Crippen LogP contribution in [0.4, 0.5) is 8.78 Å². The lowest BCUT2D eigenvalue weighted by atomic mass is 10.0. The van der Waals surface area contributed by atoms with Crippen LogP contribution in [0.1, 0.15) is 23.3 Å². The van der Waals surface area contributed by atoms with Crippen LogP contribution in [-0.4, -0.2) is 40.4 Å². The summed E-state index contributed by atoms with van der Waals surface area (Å²) in [6.07, 6.45) is 0.155. The molecule has 3 rings (SSSR count). The minimum absolute atomic E-state index is 0.00663. The number of aromatic amines is 1. The maximum Gasteiger partial charge on any atom is 0.267 e. The lowest BCUT2D eigenvalue weighted by molar-refractivity contribution is 0.0900. The van der Waals surface area contributed by atoms with Crippen molar-refractivity contribution in [1.29, 1.82) is 0 Å². The molecule has 0 aliphatic carbocycles. The number of amides is 1. The molecule has 5 nitrogen and oxygen atoms in total. The van der Waals surface area contributed by atoms with Gasteiger partial charge < -0.3 is 20.5 Å². The van der Waals surface area contributed by atoms with Crippen molar-refractivity contribution in [3.63, 3.8) is 0 Å². The molecular formula is C20H20F2N2O3. The van der Waals surface area contributed by atoms with Gasteiger partial charge in [-0.2, -0.15) is 0 Å². The van der Waals surface area contributed by atoms with Gasteiger partial charge in [-0.05, 0) is 48.2 Å². The first-order valence-corrected chi connectivity index (χ1v) is 8.63. The number of H-pyrrole nitrogens is 1. The molecule has 0 spiro atoms. The van der Waals surface area contributed by atoms with E-state index in [0.717, 1.165) is 17.5 Å². The summed E-state index contributed by atoms with van der Waals surface area (Å²) in [4.78, 5) is 15.2. The number of benzene rings is 2. The van der Waals surface area contributed by atoms with Gasteiger partial charge in [0.25, 0.3) is 5.91 Å². The minimum atomic E-state index is -0.918. The Morgan fingerprint density at radius 2 is 1.81 bits per heavy atom. The molecule has 27 heavy (non-hydrogen) atoms. The molecule has 1 unspecified atom stereocenters. The van der Waals surface area contributed by atoms with Crippen molar-refractivity contribution in [3.05, 3.63) is 59.8 Å². The molecule has 4 N–H and O–H groups in total. The van der Waals surface area contributed by atoms with Crippen LogP contribution in [0.15, 0.2) is 42.5 Å². The monoisotopic (exact) mass is 374 g/mol. The number of aliphatic hydroxyl groups is 2. The number of hydrogen-bond donors (Lipinski definition) is 4. The maximum absolute atomic E-state index is 13.4. The molecule has 1 amide bonds. The zero-order chi connectivity index (χ0) is 19.4. The van der Waals surface area contributed by atoms with Crippen LogP contribution in [0.3, 0.4) is 0 Å².